The molecule has 3 rings (SSSR count). The number of nitrogens with zero attached hydrogens (tertiary/aromatic N) is 1. The Morgan fingerprint density at radius 1 is 1.29 bits per heavy atom. The number of aryl methyl sites for hydroxylation is 1. The second kappa shape index (κ2) is 6.02. The number of aromatic nitrogens is 1. The highest BCUT2D eigenvalue weighted by Gasteiger charge is 2.22. The maximum atomic E-state index is 12.8. The number of nitrogens with one attached hydrogen (secondary N) is 1. The van der Waals surface area contributed by atoms with Crippen molar-refractivity contribution in [2.75, 3.05) is 6.54 Å². The number of benzene rings is 1. The average Bonchev–Trinajstić information content (AvgIpc) is 2.52. The van der Waals surface area contributed by atoms with E-state index in [-0.39, 0.29) is 5.43 Å². The number of H-pyrrole nitrogens is 1. The minimum atomic E-state index is 0.197. The first kappa shape index (κ1) is 14.3. The topological polar surface area (TPSA) is 36.1 Å². The Morgan fingerprint density at radius 3 is 2.90 bits per heavy atom. The third-order valence-electron chi connectivity index (χ3n) is 4.80. The lowest BCUT2D eigenvalue weighted by molar-refractivity contribution is 0.135. The number of para-hydroxylation sites is 1. The van der Waals surface area contributed by atoms with Crippen molar-refractivity contribution in [2.24, 2.45) is 0 Å². The van der Waals surface area contributed by atoms with Gasteiger partial charge in [0.05, 0.1) is 0 Å². The molecule has 0 unspecified atom stereocenters. The smallest absolute Gasteiger partial charge is 0.194 e. The molecule has 2 heterocycles. The first-order chi connectivity index (χ1) is 10.2. The van der Waals surface area contributed by atoms with Gasteiger partial charge in [-0.1, -0.05) is 25.5 Å². The molecule has 0 saturated carbocycles. The molecule has 0 spiro atoms. The zero-order chi connectivity index (χ0) is 14.8. The third kappa shape index (κ3) is 2.75. The quantitative estimate of drug-likeness (QED) is 0.935. The van der Waals surface area contributed by atoms with Gasteiger partial charge in [0.2, 0.25) is 0 Å². The maximum Gasteiger partial charge on any atom is 0.194 e. The highest BCUT2D eigenvalue weighted by molar-refractivity contribution is 5.79. The molecule has 0 bridgehead atoms. The molecule has 21 heavy (non-hydrogen) atoms. The molecule has 1 atom stereocenters. The van der Waals surface area contributed by atoms with Crippen molar-refractivity contribution < 1.29 is 0 Å². The van der Waals surface area contributed by atoms with Crippen molar-refractivity contribution in [1.82, 2.24) is 9.88 Å². The van der Waals surface area contributed by atoms with E-state index in [1.54, 1.807) is 0 Å². The van der Waals surface area contributed by atoms with Gasteiger partial charge in [-0.15, -0.1) is 0 Å². The number of pyridine rings is 1. The lowest BCUT2D eigenvalue weighted by Gasteiger charge is -2.35. The highest BCUT2D eigenvalue weighted by Crippen LogP contribution is 2.22. The summed E-state index contributed by atoms with van der Waals surface area (Å²) in [6.07, 6.45) is 5.01. The Hall–Kier alpha value is -1.61. The normalized spacial score (nSPS) is 20.0. The molecule has 1 aromatic carbocycles. The predicted octanol–water partition coefficient (Wildman–Crippen LogP) is 3.60. The van der Waals surface area contributed by atoms with Gasteiger partial charge in [0, 0.05) is 34.7 Å². The Morgan fingerprint density at radius 2 is 2.10 bits per heavy atom. The number of piperidine rings is 1. The third-order valence-corrected chi connectivity index (χ3v) is 4.80. The van der Waals surface area contributed by atoms with E-state index in [2.05, 4.69) is 16.8 Å². The van der Waals surface area contributed by atoms with Crippen molar-refractivity contribution in [1.29, 1.82) is 0 Å². The van der Waals surface area contributed by atoms with E-state index in [9.17, 15) is 4.79 Å². The molecule has 3 nitrogen and oxygen atoms in total. The Kier molecular flexibility index (Phi) is 4.11. The molecule has 3 heteroatoms. The fraction of sp³-hybridized carbons (Fsp3) is 0.500. The van der Waals surface area contributed by atoms with E-state index in [0.29, 0.717) is 6.04 Å². The molecule has 1 aliphatic heterocycles. The molecule has 1 saturated heterocycles. The summed E-state index contributed by atoms with van der Waals surface area (Å²) in [7, 11) is 0. The molecule has 0 amide bonds. The van der Waals surface area contributed by atoms with Crippen molar-refractivity contribution in [3.05, 3.63) is 45.7 Å². The predicted molar refractivity (Wildman–Crippen MR) is 87.6 cm³/mol. The molecule has 0 radical (unpaired) electrons. The number of rotatable bonds is 3. The van der Waals surface area contributed by atoms with Gasteiger partial charge in [-0.25, -0.2) is 0 Å². The molecule has 1 aromatic heterocycles. The molecular formula is C18H24N2O. The van der Waals surface area contributed by atoms with Crippen molar-refractivity contribution >= 4 is 10.9 Å². The Labute approximate surface area is 126 Å². The van der Waals surface area contributed by atoms with Crippen LogP contribution in [-0.4, -0.2) is 22.5 Å². The Bertz CT molecular complexity index is 689. The second-order valence-corrected chi connectivity index (χ2v) is 6.13. The minimum absolute atomic E-state index is 0.197. The molecule has 112 valence electrons. The fourth-order valence-corrected chi connectivity index (χ4v) is 3.52. The van der Waals surface area contributed by atoms with Crippen molar-refractivity contribution in [2.45, 2.75) is 52.1 Å². The molecule has 1 aliphatic rings. The van der Waals surface area contributed by atoms with E-state index < -0.39 is 0 Å². The summed E-state index contributed by atoms with van der Waals surface area (Å²) >= 11 is 0. The van der Waals surface area contributed by atoms with Crippen LogP contribution in [0, 0.1) is 6.92 Å². The lowest BCUT2D eigenvalue weighted by Crippen LogP contribution is -2.39. The lowest BCUT2D eigenvalue weighted by atomic mass is 9.98. The number of aromatic amines is 1. The minimum Gasteiger partial charge on any atom is -0.358 e. The summed E-state index contributed by atoms with van der Waals surface area (Å²) in [5.74, 6) is 0. The van der Waals surface area contributed by atoms with Gasteiger partial charge >= 0.3 is 0 Å². The van der Waals surface area contributed by atoms with E-state index in [1.807, 2.05) is 31.2 Å². The summed E-state index contributed by atoms with van der Waals surface area (Å²) in [6, 6.07) is 8.43. The fourth-order valence-electron chi connectivity index (χ4n) is 3.52. The van der Waals surface area contributed by atoms with Crippen LogP contribution >= 0.6 is 0 Å². The molecule has 2 aromatic rings. The van der Waals surface area contributed by atoms with Crippen LogP contribution in [0.3, 0.4) is 0 Å². The van der Waals surface area contributed by atoms with Crippen LogP contribution in [0.4, 0.5) is 0 Å². The molecular weight excluding hydrogens is 260 g/mol. The van der Waals surface area contributed by atoms with Crippen LogP contribution < -0.4 is 5.43 Å². The average molecular weight is 284 g/mol. The summed E-state index contributed by atoms with van der Waals surface area (Å²) in [5, 5.41) is 0.808. The van der Waals surface area contributed by atoms with Crippen LogP contribution in [-0.2, 0) is 6.54 Å². The number of fused-ring (bicyclic) bond motifs is 1. The summed E-state index contributed by atoms with van der Waals surface area (Å²) in [5.41, 5.74) is 3.09. The van der Waals surface area contributed by atoms with Gasteiger partial charge in [-0.05, 0) is 44.9 Å². The zero-order valence-corrected chi connectivity index (χ0v) is 13.0. The number of likely N-dealkylation sites (tertiary alicyclic amines) is 1. The molecule has 1 fully saturated rings. The van der Waals surface area contributed by atoms with Crippen LogP contribution in [0.25, 0.3) is 10.9 Å². The van der Waals surface area contributed by atoms with Crippen molar-refractivity contribution in [3.63, 3.8) is 0 Å². The largest absolute Gasteiger partial charge is 0.358 e. The van der Waals surface area contributed by atoms with Gasteiger partial charge in [0.1, 0.15) is 0 Å². The van der Waals surface area contributed by atoms with Crippen LogP contribution in [0.15, 0.2) is 29.1 Å². The van der Waals surface area contributed by atoms with E-state index in [0.717, 1.165) is 35.2 Å². The number of hydrogen-bond donors (Lipinski definition) is 1. The first-order valence-corrected chi connectivity index (χ1v) is 8.05. The monoisotopic (exact) mass is 284 g/mol. The molecule has 0 aliphatic carbocycles. The van der Waals surface area contributed by atoms with Gasteiger partial charge < -0.3 is 4.98 Å². The van der Waals surface area contributed by atoms with Gasteiger partial charge in [0.15, 0.2) is 5.43 Å². The summed E-state index contributed by atoms with van der Waals surface area (Å²) < 4.78 is 0. The van der Waals surface area contributed by atoms with Crippen molar-refractivity contribution in [3.8, 4) is 0 Å². The Balaban J connectivity index is 1.98. The van der Waals surface area contributed by atoms with Gasteiger partial charge in [0.25, 0.3) is 0 Å². The van der Waals surface area contributed by atoms with Crippen LogP contribution in [0.2, 0.25) is 0 Å². The maximum absolute atomic E-state index is 12.8. The summed E-state index contributed by atoms with van der Waals surface area (Å²) in [4.78, 5) is 18.7. The first-order valence-electron chi connectivity index (χ1n) is 8.05. The zero-order valence-electron chi connectivity index (χ0n) is 13.0. The highest BCUT2D eigenvalue weighted by atomic mass is 16.1. The van der Waals surface area contributed by atoms with E-state index in [4.69, 9.17) is 0 Å². The summed E-state index contributed by atoms with van der Waals surface area (Å²) in [6.45, 7) is 6.17. The SMILES string of the molecule is CC[C@H]1CCCCN1Cc1c(C)[nH]c2ccccc2c1=O. The van der Waals surface area contributed by atoms with Gasteiger partial charge in [-0.2, -0.15) is 0 Å². The van der Waals surface area contributed by atoms with E-state index in [1.165, 1.54) is 25.7 Å². The van der Waals surface area contributed by atoms with Crippen LogP contribution in [0.5, 0.6) is 0 Å². The van der Waals surface area contributed by atoms with Crippen LogP contribution in [0.1, 0.15) is 43.9 Å². The number of hydrogen-bond acceptors (Lipinski definition) is 2. The standard InChI is InChI=1S/C18H24N2O/c1-3-14-8-6-7-11-20(14)12-16-13(2)19-17-10-5-4-9-15(17)18(16)21/h4-5,9-10,14H,3,6-8,11-12H2,1-2H3,(H,19,21)/t14-/m0/s1. The van der Waals surface area contributed by atoms with Gasteiger partial charge in [-0.3, -0.25) is 9.69 Å². The second-order valence-electron chi connectivity index (χ2n) is 6.13. The van der Waals surface area contributed by atoms with E-state index >= 15 is 0 Å². The molecule has 1 N–H and O–H groups in total.